The van der Waals surface area contributed by atoms with Gasteiger partial charge in [0.25, 0.3) is 0 Å². The average Bonchev–Trinajstić information content (AvgIpc) is 2.82. The molecule has 5 heteroatoms. The molecule has 0 fully saturated rings. The Hall–Kier alpha value is -2.01. The first-order valence-electron chi connectivity index (χ1n) is 7.36. The minimum Gasteiger partial charge on any atom is -0.395 e. The van der Waals surface area contributed by atoms with Gasteiger partial charge in [0.1, 0.15) is 0 Å². The number of aliphatic hydroxyl groups excluding tert-OH is 1. The predicted molar refractivity (Wildman–Crippen MR) is 86.8 cm³/mol. The van der Waals surface area contributed by atoms with Crippen molar-refractivity contribution in [2.24, 2.45) is 0 Å². The third-order valence-corrected chi connectivity index (χ3v) is 3.73. The van der Waals surface area contributed by atoms with Crippen LogP contribution in [0.1, 0.15) is 23.9 Å². The molecule has 0 atom stereocenters. The van der Waals surface area contributed by atoms with Crippen LogP contribution in [0.2, 0.25) is 0 Å². The van der Waals surface area contributed by atoms with Gasteiger partial charge in [0.05, 0.1) is 12.3 Å². The maximum atomic E-state index is 9.06. The van der Waals surface area contributed by atoms with E-state index in [1.807, 2.05) is 13.8 Å². The maximum absolute atomic E-state index is 9.06. The lowest BCUT2D eigenvalue weighted by atomic mass is 10.2. The highest BCUT2D eigenvalue weighted by molar-refractivity contribution is 5.55. The molecule has 0 amide bonds. The Kier molecular flexibility index (Phi) is 5.22. The first-order chi connectivity index (χ1) is 10.2. The number of likely N-dealkylation sites (N-methyl/N-ethyl adjacent to an activating group) is 1. The Morgan fingerprint density at radius 1 is 1.24 bits per heavy atom. The van der Waals surface area contributed by atoms with E-state index in [2.05, 4.69) is 51.6 Å². The highest BCUT2D eigenvalue weighted by Crippen LogP contribution is 2.19. The number of hydrogen-bond acceptors (Lipinski definition) is 4. The lowest BCUT2D eigenvalue weighted by molar-refractivity contribution is 0.302. The minimum absolute atomic E-state index is 0.173. The Balaban J connectivity index is 1.99. The van der Waals surface area contributed by atoms with E-state index in [9.17, 15) is 0 Å². The van der Waals surface area contributed by atoms with Crippen LogP contribution in [0.5, 0.6) is 0 Å². The zero-order valence-corrected chi connectivity index (χ0v) is 13.0. The maximum Gasteiger partial charge on any atom is 0.0643 e. The van der Waals surface area contributed by atoms with Crippen molar-refractivity contribution >= 4 is 11.4 Å². The average molecular weight is 288 g/mol. The molecule has 5 nitrogen and oxygen atoms in total. The number of nitrogens with zero attached hydrogens (tertiary/aromatic N) is 2. The van der Waals surface area contributed by atoms with Gasteiger partial charge in [0.15, 0.2) is 0 Å². The number of anilines is 2. The number of hydrogen-bond donors (Lipinski definition) is 3. The van der Waals surface area contributed by atoms with Crippen molar-refractivity contribution in [2.45, 2.75) is 27.3 Å². The summed E-state index contributed by atoms with van der Waals surface area (Å²) in [5, 5.41) is 19.7. The molecule has 1 heterocycles. The SMILES string of the molecule is CCN(CCO)c1ccc(NCc2c(C)n[nH]c2C)cc1. The zero-order valence-electron chi connectivity index (χ0n) is 13.0. The fourth-order valence-corrected chi connectivity index (χ4v) is 2.41. The molecule has 0 unspecified atom stereocenters. The highest BCUT2D eigenvalue weighted by atomic mass is 16.3. The molecule has 0 aliphatic heterocycles. The lowest BCUT2D eigenvalue weighted by Gasteiger charge is -2.22. The predicted octanol–water partition coefficient (Wildman–Crippen LogP) is 2.46. The van der Waals surface area contributed by atoms with Crippen LogP contribution in [0.4, 0.5) is 11.4 Å². The van der Waals surface area contributed by atoms with Crippen molar-refractivity contribution < 1.29 is 5.11 Å². The van der Waals surface area contributed by atoms with Crippen LogP contribution in [-0.4, -0.2) is 35.0 Å². The second-order valence-corrected chi connectivity index (χ2v) is 5.12. The van der Waals surface area contributed by atoms with Crippen LogP contribution in [0.25, 0.3) is 0 Å². The van der Waals surface area contributed by atoms with Gasteiger partial charge in [-0.05, 0) is 45.0 Å². The molecule has 0 aliphatic rings. The summed E-state index contributed by atoms with van der Waals surface area (Å²) in [5.41, 5.74) is 5.58. The number of H-pyrrole nitrogens is 1. The topological polar surface area (TPSA) is 64.2 Å². The quantitative estimate of drug-likeness (QED) is 0.732. The van der Waals surface area contributed by atoms with Gasteiger partial charge in [-0.15, -0.1) is 0 Å². The van der Waals surface area contributed by atoms with Crippen molar-refractivity contribution in [3.63, 3.8) is 0 Å². The molecule has 2 aromatic rings. The Morgan fingerprint density at radius 2 is 1.95 bits per heavy atom. The molecule has 114 valence electrons. The standard InChI is InChI=1S/C16H24N4O/c1-4-20(9-10-21)15-7-5-14(6-8-15)17-11-16-12(2)18-19-13(16)3/h5-8,17,21H,4,9-11H2,1-3H3,(H,18,19). The molecule has 0 aliphatic carbocycles. The van der Waals surface area contributed by atoms with E-state index < -0.39 is 0 Å². The van der Waals surface area contributed by atoms with Crippen LogP contribution in [-0.2, 0) is 6.54 Å². The third kappa shape index (κ3) is 3.76. The van der Waals surface area contributed by atoms with Gasteiger partial charge in [-0.25, -0.2) is 0 Å². The highest BCUT2D eigenvalue weighted by Gasteiger charge is 2.06. The van der Waals surface area contributed by atoms with Crippen LogP contribution >= 0.6 is 0 Å². The van der Waals surface area contributed by atoms with E-state index in [1.165, 1.54) is 5.56 Å². The summed E-state index contributed by atoms with van der Waals surface area (Å²) >= 11 is 0. The van der Waals surface area contributed by atoms with Gasteiger partial charge in [0, 0.05) is 42.3 Å². The number of nitrogens with one attached hydrogen (secondary N) is 2. The van der Waals surface area contributed by atoms with Crippen LogP contribution in [0.3, 0.4) is 0 Å². The summed E-state index contributed by atoms with van der Waals surface area (Å²) < 4.78 is 0. The molecule has 0 bridgehead atoms. The molecule has 21 heavy (non-hydrogen) atoms. The molecular weight excluding hydrogens is 264 g/mol. The first kappa shape index (κ1) is 15.4. The molecule has 2 rings (SSSR count). The van der Waals surface area contributed by atoms with Gasteiger partial charge in [-0.3, -0.25) is 5.10 Å². The molecule has 0 saturated heterocycles. The van der Waals surface area contributed by atoms with Crippen molar-refractivity contribution in [1.29, 1.82) is 0 Å². The van der Waals surface area contributed by atoms with Crippen molar-refractivity contribution in [2.75, 3.05) is 29.9 Å². The van der Waals surface area contributed by atoms with Crippen molar-refractivity contribution in [1.82, 2.24) is 10.2 Å². The molecule has 0 radical (unpaired) electrons. The number of benzene rings is 1. The lowest BCUT2D eigenvalue weighted by Crippen LogP contribution is -2.25. The summed E-state index contributed by atoms with van der Waals surface area (Å²) in [6.45, 7) is 8.63. The molecule has 1 aromatic heterocycles. The number of aromatic amines is 1. The molecule has 0 saturated carbocycles. The summed E-state index contributed by atoms with van der Waals surface area (Å²) in [6.07, 6.45) is 0. The van der Waals surface area contributed by atoms with Crippen molar-refractivity contribution in [3.05, 3.63) is 41.2 Å². The Labute approximate surface area is 126 Å². The van der Waals surface area contributed by atoms with Gasteiger partial charge in [-0.1, -0.05) is 0 Å². The first-order valence-corrected chi connectivity index (χ1v) is 7.36. The van der Waals surface area contributed by atoms with Crippen LogP contribution in [0, 0.1) is 13.8 Å². The van der Waals surface area contributed by atoms with Gasteiger partial charge in [0.2, 0.25) is 0 Å². The van der Waals surface area contributed by atoms with Gasteiger partial charge in [-0.2, -0.15) is 5.10 Å². The smallest absolute Gasteiger partial charge is 0.0643 e. The molecule has 3 N–H and O–H groups in total. The Morgan fingerprint density at radius 3 is 2.48 bits per heavy atom. The summed E-state index contributed by atoms with van der Waals surface area (Å²) in [7, 11) is 0. The van der Waals surface area contributed by atoms with Crippen LogP contribution in [0.15, 0.2) is 24.3 Å². The van der Waals surface area contributed by atoms with E-state index in [1.54, 1.807) is 0 Å². The second-order valence-electron chi connectivity index (χ2n) is 5.12. The van der Waals surface area contributed by atoms with E-state index in [-0.39, 0.29) is 6.61 Å². The largest absolute Gasteiger partial charge is 0.395 e. The number of aromatic nitrogens is 2. The summed E-state index contributed by atoms with van der Waals surface area (Å²) in [6, 6.07) is 8.30. The summed E-state index contributed by atoms with van der Waals surface area (Å²) in [5.74, 6) is 0. The second kappa shape index (κ2) is 7.13. The van der Waals surface area contributed by atoms with Gasteiger partial charge < -0.3 is 15.3 Å². The zero-order chi connectivity index (χ0) is 15.2. The monoisotopic (exact) mass is 288 g/mol. The van der Waals surface area contributed by atoms with E-state index >= 15 is 0 Å². The van der Waals surface area contributed by atoms with Crippen LogP contribution < -0.4 is 10.2 Å². The van der Waals surface area contributed by atoms with E-state index in [0.29, 0.717) is 6.54 Å². The molecule has 0 spiro atoms. The number of rotatable bonds is 7. The number of aliphatic hydroxyl groups is 1. The van der Waals surface area contributed by atoms with E-state index in [4.69, 9.17) is 5.11 Å². The van der Waals surface area contributed by atoms with Gasteiger partial charge >= 0.3 is 0 Å². The third-order valence-electron chi connectivity index (χ3n) is 3.73. The van der Waals surface area contributed by atoms with E-state index in [0.717, 1.165) is 35.9 Å². The minimum atomic E-state index is 0.173. The summed E-state index contributed by atoms with van der Waals surface area (Å²) in [4.78, 5) is 2.15. The normalized spacial score (nSPS) is 10.7. The fraction of sp³-hybridized carbons (Fsp3) is 0.438. The van der Waals surface area contributed by atoms with Crippen molar-refractivity contribution in [3.8, 4) is 0 Å². The fourth-order valence-electron chi connectivity index (χ4n) is 2.41. The molecular formula is C16H24N4O. The number of aryl methyl sites for hydroxylation is 2. The Bertz CT molecular complexity index is 543. The molecule has 1 aromatic carbocycles.